The lowest BCUT2D eigenvalue weighted by Crippen LogP contribution is -2.32. The molecule has 0 spiro atoms. The van der Waals surface area contributed by atoms with Crippen LogP contribution in [0.25, 0.3) is 0 Å². The maximum Gasteiger partial charge on any atom is 0.106 e. The Hall–Kier alpha value is -0.450. The molecule has 0 aliphatic carbocycles. The summed E-state index contributed by atoms with van der Waals surface area (Å²) in [6.45, 7) is 2.18. The van der Waals surface area contributed by atoms with Gasteiger partial charge in [-0.1, -0.05) is 23.8 Å². The molecule has 0 aliphatic heterocycles. The summed E-state index contributed by atoms with van der Waals surface area (Å²) in [6, 6.07) is 6.06. The molecule has 1 aromatic carbocycles. The molecule has 1 aromatic rings. The second-order valence-corrected chi connectivity index (χ2v) is 5.73. The zero-order chi connectivity index (χ0) is 13.0. The van der Waals surface area contributed by atoms with Gasteiger partial charge in [0, 0.05) is 35.1 Å². The zero-order valence-corrected chi connectivity index (χ0v) is 12.6. The predicted molar refractivity (Wildman–Crippen MR) is 83.6 cm³/mol. The summed E-state index contributed by atoms with van der Waals surface area (Å²) >= 11 is 12.9. The van der Waals surface area contributed by atoms with Crippen molar-refractivity contribution in [3.63, 3.8) is 0 Å². The number of thiocarbonyl (C=S) groups is 1. The predicted octanol–water partition coefficient (Wildman–Crippen LogP) is 3.16. The summed E-state index contributed by atoms with van der Waals surface area (Å²) in [5.41, 5.74) is 7.60. The van der Waals surface area contributed by atoms with Crippen molar-refractivity contribution in [1.29, 1.82) is 0 Å². The van der Waals surface area contributed by atoms with Crippen LogP contribution in [0, 0.1) is 0 Å². The van der Waals surface area contributed by atoms with E-state index >= 15 is 0 Å². The van der Waals surface area contributed by atoms with Gasteiger partial charge in [-0.15, -0.1) is 0 Å². The Morgan fingerprint density at radius 3 is 2.76 bits per heavy atom. The minimum absolute atomic E-state index is 0.380. The molecule has 2 nitrogen and oxygen atoms in total. The number of thioether (sulfide) groups is 1. The van der Waals surface area contributed by atoms with E-state index in [0.717, 1.165) is 17.0 Å². The van der Waals surface area contributed by atoms with Crippen molar-refractivity contribution in [1.82, 2.24) is 0 Å². The highest BCUT2D eigenvalue weighted by atomic mass is 35.5. The first kappa shape index (κ1) is 14.6. The van der Waals surface area contributed by atoms with Gasteiger partial charge in [0.2, 0.25) is 0 Å². The van der Waals surface area contributed by atoms with E-state index < -0.39 is 0 Å². The molecule has 0 fully saturated rings. The van der Waals surface area contributed by atoms with E-state index in [2.05, 4.69) is 18.1 Å². The summed E-state index contributed by atoms with van der Waals surface area (Å²) in [4.78, 5) is 2.56. The highest BCUT2D eigenvalue weighted by Crippen LogP contribution is 2.25. The van der Waals surface area contributed by atoms with Crippen molar-refractivity contribution >= 4 is 46.3 Å². The van der Waals surface area contributed by atoms with Gasteiger partial charge in [-0.25, -0.2) is 0 Å². The van der Waals surface area contributed by atoms with Crippen LogP contribution in [0.1, 0.15) is 12.5 Å². The van der Waals surface area contributed by atoms with Crippen molar-refractivity contribution in [3.8, 4) is 0 Å². The molecule has 17 heavy (non-hydrogen) atoms. The Balaban J connectivity index is 3.08. The second kappa shape index (κ2) is 6.47. The van der Waals surface area contributed by atoms with Gasteiger partial charge in [0.1, 0.15) is 4.99 Å². The molecule has 0 saturated heterocycles. The first-order chi connectivity index (χ1) is 7.97. The van der Waals surface area contributed by atoms with E-state index in [1.165, 1.54) is 0 Å². The lowest BCUT2D eigenvalue weighted by atomic mass is 10.1. The van der Waals surface area contributed by atoms with Gasteiger partial charge in [-0.2, -0.15) is 11.8 Å². The fourth-order valence-electron chi connectivity index (χ4n) is 1.60. The third-order valence-corrected chi connectivity index (χ3v) is 3.94. The number of hydrogen-bond donors (Lipinski definition) is 1. The van der Waals surface area contributed by atoms with E-state index in [0.29, 0.717) is 16.1 Å². The van der Waals surface area contributed by atoms with Gasteiger partial charge in [0.05, 0.1) is 0 Å². The average Bonchev–Trinajstić information content (AvgIpc) is 2.28. The molecule has 1 unspecified atom stereocenters. The van der Waals surface area contributed by atoms with Gasteiger partial charge < -0.3 is 10.6 Å². The van der Waals surface area contributed by atoms with Crippen LogP contribution in [0.5, 0.6) is 0 Å². The van der Waals surface area contributed by atoms with E-state index in [4.69, 9.17) is 29.6 Å². The largest absolute Gasteiger partial charge is 0.389 e. The van der Waals surface area contributed by atoms with Crippen molar-refractivity contribution in [3.05, 3.63) is 28.8 Å². The van der Waals surface area contributed by atoms with Crippen LogP contribution in [0.4, 0.5) is 5.69 Å². The highest BCUT2D eigenvalue weighted by Gasteiger charge is 2.14. The fraction of sp³-hybridized carbons (Fsp3) is 0.417. The fourth-order valence-corrected chi connectivity index (χ4v) is 2.65. The van der Waals surface area contributed by atoms with Gasteiger partial charge >= 0.3 is 0 Å². The lowest BCUT2D eigenvalue weighted by molar-refractivity contribution is 0.765. The molecule has 0 amide bonds. The smallest absolute Gasteiger partial charge is 0.106 e. The number of anilines is 1. The van der Waals surface area contributed by atoms with Crippen LogP contribution in [-0.4, -0.2) is 30.1 Å². The number of nitrogens with two attached hydrogens (primary N) is 1. The second-order valence-electron chi connectivity index (χ2n) is 3.94. The van der Waals surface area contributed by atoms with Gasteiger partial charge in [0.15, 0.2) is 0 Å². The molecule has 0 heterocycles. The summed E-state index contributed by atoms with van der Waals surface area (Å²) in [6.07, 6.45) is 2.10. The van der Waals surface area contributed by atoms with Crippen LogP contribution < -0.4 is 10.6 Å². The molecule has 94 valence electrons. The third kappa shape index (κ3) is 3.76. The van der Waals surface area contributed by atoms with E-state index in [-0.39, 0.29) is 0 Å². The molecular formula is C12H17ClN2S2. The molecule has 1 rings (SSSR count). The Morgan fingerprint density at radius 2 is 2.24 bits per heavy atom. The molecule has 1 atom stereocenters. The van der Waals surface area contributed by atoms with Crippen LogP contribution in [-0.2, 0) is 0 Å². The monoisotopic (exact) mass is 288 g/mol. The van der Waals surface area contributed by atoms with Crippen molar-refractivity contribution in [2.45, 2.75) is 13.0 Å². The van der Waals surface area contributed by atoms with E-state index in [9.17, 15) is 0 Å². The summed E-state index contributed by atoms with van der Waals surface area (Å²) in [5, 5.41) is 0.655. The molecule has 0 saturated carbocycles. The number of nitrogens with zero attached hydrogens (tertiary/aromatic N) is 1. The van der Waals surface area contributed by atoms with E-state index in [1.54, 1.807) is 0 Å². The lowest BCUT2D eigenvalue weighted by Gasteiger charge is -2.28. The zero-order valence-electron chi connectivity index (χ0n) is 10.2. The molecule has 0 aliphatic rings. The molecule has 5 heteroatoms. The quantitative estimate of drug-likeness (QED) is 0.843. The normalized spacial score (nSPS) is 12.2. The number of halogens is 1. The molecule has 0 radical (unpaired) electrons. The average molecular weight is 289 g/mol. The van der Waals surface area contributed by atoms with Crippen LogP contribution >= 0.6 is 35.6 Å². The Bertz CT molecular complexity index is 409. The van der Waals surface area contributed by atoms with Crippen LogP contribution in [0.15, 0.2) is 18.2 Å². The SMILES string of the molecule is CSCC(C)N(C)c1ccc(Cl)cc1C(N)=S. The summed E-state index contributed by atoms with van der Waals surface area (Å²) in [5.74, 6) is 1.05. The van der Waals surface area contributed by atoms with E-state index in [1.807, 2.05) is 37.0 Å². The molecular weight excluding hydrogens is 272 g/mol. The number of benzene rings is 1. The summed E-state index contributed by atoms with van der Waals surface area (Å²) in [7, 11) is 2.05. The molecule has 0 bridgehead atoms. The topological polar surface area (TPSA) is 29.3 Å². The van der Waals surface area contributed by atoms with Crippen molar-refractivity contribution in [2.24, 2.45) is 5.73 Å². The summed E-state index contributed by atoms with van der Waals surface area (Å²) < 4.78 is 0. The highest BCUT2D eigenvalue weighted by molar-refractivity contribution is 7.98. The standard InChI is InChI=1S/C12H17ClN2S2/c1-8(7-17-3)15(2)11-5-4-9(13)6-10(11)12(14)16/h4-6,8H,7H2,1-3H3,(H2,14,16). The first-order valence-corrected chi connectivity index (χ1v) is 7.46. The van der Waals surface area contributed by atoms with Gasteiger partial charge in [0.25, 0.3) is 0 Å². The maximum atomic E-state index is 5.97. The minimum Gasteiger partial charge on any atom is -0.389 e. The number of rotatable bonds is 5. The van der Waals surface area contributed by atoms with Crippen LogP contribution in [0.3, 0.4) is 0 Å². The minimum atomic E-state index is 0.380. The Morgan fingerprint density at radius 1 is 1.59 bits per heavy atom. The Labute approximate surface area is 118 Å². The first-order valence-electron chi connectivity index (χ1n) is 5.28. The van der Waals surface area contributed by atoms with Gasteiger partial charge in [-0.3, -0.25) is 0 Å². The number of hydrogen-bond acceptors (Lipinski definition) is 3. The van der Waals surface area contributed by atoms with Crippen molar-refractivity contribution in [2.75, 3.05) is 24.0 Å². The van der Waals surface area contributed by atoms with Crippen molar-refractivity contribution < 1.29 is 0 Å². The molecule has 0 aromatic heterocycles. The maximum absolute atomic E-state index is 5.97. The molecule has 2 N–H and O–H groups in total. The Kier molecular flexibility index (Phi) is 5.56. The third-order valence-electron chi connectivity index (χ3n) is 2.67. The van der Waals surface area contributed by atoms with Crippen LogP contribution in [0.2, 0.25) is 5.02 Å². The van der Waals surface area contributed by atoms with Gasteiger partial charge in [-0.05, 0) is 31.4 Å².